The van der Waals surface area contributed by atoms with Crippen LogP contribution >= 0.6 is 0 Å². The molecule has 0 saturated carbocycles. The molecule has 0 aliphatic heterocycles. The van der Waals surface area contributed by atoms with Crippen molar-refractivity contribution in [1.29, 1.82) is 0 Å². The Morgan fingerprint density at radius 1 is 1.22 bits per heavy atom. The molecule has 0 fully saturated rings. The molecule has 120 valence electrons. The van der Waals surface area contributed by atoms with Crippen molar-refractivity contribution < 1.29 is 18.3 Å². The molecular weight excluding hydrogens is 302 g/mol. The topological polar surface area (TPSA) is 51.2 Å². The Morgan fingerprint density at radius 2 is 2.00 bits per heavy atom. The minimum absolute atomic E-state index is 0.0278. The van der Waals surface area contributed by atoms with Crippen molar-refractivity contribution in [2.45, 2.75) is 13.0 Å². The second-order valence-electron chi connectivity index (χ2n) is 4.61. The summed E-state index contributed by atoms with van der Waals surface area (Å²) in [4.78, 5) is 15.9. The molecule has 1 amide bonds. The van der Waals surface area contributed by atoms with Crippen molar-refractivity contribution in [2.24, 2.45) is 0 Å². The third kappa shape index (κ3) is 5.86. The number of para-hydroxylation sites is 1. The number of carbonyl (C=O) groups excluding carboxylic acids is 1. The first-order chi connectivity index (χ1) is 11.1. The van der Waals surface area contributed by atoms with Crippen LogP contribution in [0, 0.1) is 0 Å². The van der Waals surface area contributed by atoms with Crippen LogP contribution in [0.2, 0.25) is 0 Å². The number of hydrogen-bond acceptors (Lipinski definition) is 3. The third-order valence-corrected chi connectivity index (χ3v) is 2.96. The number of aromatic nitrogens is 1. The molecule has 0 spiro atoms. The largest absolute Gasteiger partial charge is 0.434 e. The lowest BCUT2D eigenvalue weighted by Gasteiger charge is -2.07. The SMILES string of the molecule is O=C(/C=C/c1ccccc1OC(F)F)NCCc1ccccn1. The van der Waals surface area contributed by atoms with Crippen LogP contribution in [0.1, 0.15) is 11.3 Å². The molecule has 2 rings (SSSR count). The maximum Gasteiger partial charge on any atom is 0.387 e. The molecule has 0 unspecified atom stereocenters. The molecule has 1 heterocycles. The Labute approximate surface area is 132 Å². The van der Waals surface area contributed by atoms with Crippen LogP contribution < -0.4 is 10.1 Å². The zero-order valence-corrected chi connectivity index (χ0v) is 12.3. The highest BCUT2D eigenvalue weighted by Crippen LogP contribution is 2.21. The van der Waals surface area contributed by atoms with Crippen LogP contribution in [0.5, 0.6) is 5.75 Å². The van der Waals surface area contributed by atoms with Crippen molar-refractivity contribution in [3.05, 3.63) is 66.0 Å². The molecule has 6 heteroatoms. The zero-order chi connectivity index (χ0) is 16.5. The third-order valence-electron chi connectivity index (χ3n) is 2.96. The zero-order valence-electron chi connectivity index (χ0n) is 12.3. The first-order valence-corrected chi connectivity index (χ1v) is 7.05. The van der Waals surface area contributed by atoms with E-state index in [2.05, 4.69) is 15.0 Å². The fourth-order valence-electron chi connectivity index (χ4n) is 1.91. The van der Waals surface area contributed by atoms with Gasteiger partial charge in [0.2, 0.25) is 5.91 Å². The number of pyridine rings is 1. The lowest BCUT2D eigenvalue weighted by molar-refractivity contribution is -0.116. The summed E-state index contributed by atoms with van der Waals surface area (Å²) in [6, 6.07) is 11.9. The monoisotopic (exact) mass is 318 g/mol. The average Bonchev–Trinajstić information content (AvgIpc) is 2.54. The number of amides is 1. The van der Waals surface area contributed by atoms with Crippen LogP contribution in [-0.2, 0) is 11.2 Å². The molecule has 0 aliphatic carbocycles. The maximum atomic E-state index is 12.3. The fraction of sp³-hybridized carbons (Fsp3) is 0.176. The second kappa shape index (κ2) is 8.63. The summed E-state index contributed by atoms with van der Waals surface area (Å²) in [6.07, 6.45) is 5.03. The van der Waals surface area contributed by atoms with Crippen LogP contribution in [0.4, 0.5) is 8.78 Å². The highest BCUT2D eigenvalue weighted by atomic mass is 19.3. The summed E-state index contributed by atoms with van der Waals surface area (Å²) in [6.45, 7) is -2.47. The van der Waals surface area contributed by atoms with E-state index < -0.39 is 6.61 Å². The van der Waals surface area contributed by atoms with E-state index in [9.17, 15) is 13.6 Å². The van der Waals surface area contributed by atoms with Gasteiger partial charge in [0, 0.05) is 36.5 Å². The van der Waals surface area contributed by atoms with E-state index in [1.807, 2.05) is 18.2 Å². The number of nitrogens with one attached hydrogen (secondary N) is 1. The average molecular weight is 318 g/mol. The van der Waals surface area contributed by atoms with Gasteiger partial charge in [0.25, 0.3) is 0 Å². The minimum atomic E-state index is -2.91. The highest BCUT2D eigenvalue weighted by molar-refractivity contribution is 5.92. The van der Waals surface area contributed by atoms with Gasteiger partial charge >= 0.3 is 6.61 Å². The molecule has 1 aromatic carbocycles. The Balaban J connectivity index is 1.86. The number of ether oxygens (including phenoxy) is 1. The molecule has 1 aromatic heterocycles. The number of hydrogen-bond donors (Lipinski definition) is 1. The van der Waals surface area contributed by atoms with E-state index in [1.54, 1.807) is 24.4 Å². The smallest absolute Gasteiger partial charge is 0.387 e. The predicted octanol–water partition coefficient (Wildman–Crippen LogP) is 3.06. The lowest BCUT2D eigenvalue weighted by Crippen LogP contribution is -2.23. The molecule has 2 aromatic rings. The van der Waals surface area contributed by atoms with E-state index in [4.69, 9.17) is 0 Å². The summed E-state index contributed by atoms with van der Waals surface area (Å²) in [5.74, 6) is -0.284. The van der Waals surface area contributed by atoms with Gasteiger partial charge in [0.1, 0.15) is 5.75 Å². The van der Waals surface area contributed by atoms with E-state index in [-0.39, 0.29) is 11.7 Å². The number of rotatable bonds is 7. The van der Waals surface area contributed by atoms with Crippen LogP contribution in [0.3, 0.4) is 0 Å². The normalized spacial score (nSPS) is 10.9. The van der Waals surface area contributed by atoms with Gasteiger partial charge in [-0.25, -0.2) is 0 Å². The van der Waals surface area contributed by atoms with Gasteiger partial charge < -0.3 is 10.1 Å². The van der Waals surface area contributed by atoms with E-state index in [0.717, 1.165) is 5.69 Å². The minimum Gasteiger partial charge on any atom is -0.434 e. The molecule has 4 nitrogen and oxygen atoms in total. The van der Waals surface area contributed by atoms with Gasteiger partial charge in [-0.1, -0.05) is 24.3 Å². The van der Waals surface area contributed by atoms with Gasteiger partial charge in [-0.3, -0.25) is 9.78 Å². The van der Waals surface area contributed by atoms with Crippen molar-refractivity contribution in [3.8, 4) is 5.75 Å². The quantitative estimate of drug-likeness (QED) is 0.798. The summed E-state index contributed by atoms with van der Waals surface area (Å²) in [5, 5.41) is 2.71. The number of nitrogens with zero attached hydrogens (tertiary/aromatic N) is 1. The van der Waals surface area contributed by atoms with Gasteiger partial charge in [0.05, 0.1) is 0 Å². The van der Waals surface area contributed by atoms with E-state index in [1.165, 1.54) is 18.2 Å². The Bertz CT molecular complexity index is 661. The van der Waals surface area contributed by atoms with Gasteiger partial charge in [-0.15, -0.1) is 0 Å². The first kappa shape index (κ1) is 16.6. The van der Waals surface area contributed by atoms with Crippen molar-refractivity contribution in [1.82, 2.24) is 10.3 Å². The molecule has 1 N–H and O–H groups in total. The maximum absolute atomic E-state index is 12.3. The van der Waals surface area contributed by atoms with Gasteiger partial charge in [-0.05, 0) is 24.3 Å². The highest BCUT2D eigenvalue weighted by Gasteiger charge is 2.07. The molecule has 0 saturated heterocycles. The van der Waals surface area contributed by atoms with Crippen molar-refractivity contribution in [3.63, 3.8) is 0 Å². The Hall–Kier alpha value is -2.76. The van der Waals surface area contributed by atoms with E-state index in [0.29, 0.717) is 18.5 Å². The van der Waals surface area contributed by atoms with Crippen molar-refractivity contribution >= 4 is 12.0 Å². The number of benzene rings is 1. The summed E-state index contributed by atoms with van der Waals surface area (Å²) >= 11 is 0. The van der Waals surface area contributed by atoms with E-state index >= 15 is 0 Å². The molecule has 0 bridgehead atoms. The molecular formula is C17H16F2N2O2. The standard InChI is InChI=1S/C17H16F2N2O2/c18-17(19)23-15-7-2-1-5-13(15)8-9-16(22)21-12-10-14-6-3-4-11-20-14/h1-9,11,17H,10,12H2,(H,21,22)/b9-8+. The fourth-order valence-corrected chi connectivity index (χ4v) is 1.91. The Morgan fingerprint density at radius 3 is 2.74 bits per heavy atom. The van der Waals surface area contributed by atoms with Crippen LogP contribution in [0.15, 0.2) is 54.7 Å². The summed E-state index contributed by atoms with van der Waals surface area (Å²) < 4.78 is 29.0. The molecule has 0 atom stereocenters. The molecule has 0 aliphatic rings. The lowest BCUT2D eigenvalue weighted by atomic mass is 10.2. The number of alkyl halides is 2. The van der Waals surface area contributed by atoms with Gasteiger partial charge in [-0.2, -0.15) is 8.78 Å². The number of halogens is 2. The first-order valence-electron chi connectivity index (χ1n) is 7.05. The molecule has 0 radical (unpaired) electrons. The number of carbonyl (C=O) groups is 1. The molecule has 23 heavy (non-hydrogen) atoms. The summed E-state index contributed by atoms with van der Waals surface area (Å²) in [7, 11) is 0. The second-order valence-corrected chi connectivity index (χ2v) is 4.61. The Kier molecular flexibility index (Phi) is 6.23. The predicted molar refractivity (Wildman–Crippen MR) is 83.1 cm³/mol. The van der Waals surface area contributed by atoms with Crippen molar-refractivity contribution in [2.75, 3.05) is 6.54 Å². The summed E-state index contributed by atoms with van der Waals surface area (Å²) in [5.41, 5.74) is 1.29. The van der Waals surface area contributed by atoms with Crippen LogP contribution in [-0.4, -0.2) is 24.0 Å². The van der Waals surface area contributed by atoms with Crippen LogP contribution in [0.25, 0.3) is 6.08 Å². The van der Waals surface area contributed by atoms with Gasteiger partial charge in [0.15, 0.2) is 0 Å².